The molecule has 0 fully saturated rings. The van der Waals surface area contributed by atoms with E-state index in [0.29, 0.717) is 24.5 Å². The maximum Gasteiger partial charge on any atom is 0.365 e. The minimum atomic E-state index is -0.394. The van der Waals surface area contributed by atoms with Crippen molar-refractivity contribution in [2.75, 3.05) is 19.0 Å². The minimum Gasteiger partial charge on any atom is -0.465 e. The first-order valence-electron chi connectivity index (χ1n) is 7.79. The van der Waals surface area contributed by atoms with E-state index in [4.69, 9.17) is 9.26 Å². The molecule has 1 amide bonds. The summed E-state index contributed by atoms with van der Waals surface area (Å²) in [6.07, 6.45) is 0.564. The lowest BCUT2D eigenvalue weighted by Gasteiger charge is -2.31. The van der Waals surface area contributed by atoms with Gasteiger partial charge >= 0.3 is 5.97 Å². The van der Waals surface area contributed by atoms with E-state index in [-0.39, 0.29) is 18.4 Å². The summed E-state index contributed by atoms with van der Waals surface area (Å²) < 4.78 is 9.85. The van der Waals surface area contributed by atoms with Crippen LogP contribution in [0, 0.1) is 6.92 Å². The molecule has 0 bridgehead atoms. The molecule has 1 unspecified atom stereocenters. The summed E-state index contributed by atoms with van der Waals surface area (Å²) >= 11 is 0. The van der Waals surface area contributed by atoms with Crippen LogP contribution in [0.5, 0.6) is 0 Å². The summed E-state index contributed by atoms with van der Waals surface area (Å²) in [5.74, 6) is 0.483. The zero-order valence-corrected chi connectivity index (χ0v) is 13.7. The molecule has 0 radical (unpaired) electrons. The van der Waals surface area contributed by atoms with Gasteiger partial charge in [-0.25, -0.2) is 4.79 Å². The van der Waals surface area contributed by atoms with Gasteiger partial charge in [0.2, 0.25) is 0 Å². The molecule has 1 aliphatic rings. The van der Waals surface area contributed by atoms with E-state index in [1.807, 2.05) is 24.3 Å². The van der Waals surface area contributed by atoms with E-state index in [1.165, 1.54) is 7.11 Å². The van der Waals surface area contributed by atoms with Gasteiger partial charge in [-0.05, 0) is 12.5 Å². The Hall–Kier alpha value is -2.67. The van der Waals surface area contributed by atoms with Crippen LogP contribution in [-0.4, -0.2) is 36.7 Å². The highest BCUT2D eigenvalue weighted by Crippen LogP contribution is 2.14. The first-order valence-corrected chi connectivity index (χ1v) is 7.79. The van der Waals surface area contributed by atoms with Gasteiger partial charge in [0.05, 0.1) is 7.11 Å². The van der Waals surface area contributed by atoms with Gasteiger partial charge in [-0.3, -0.25) is 4.79 Å². The smallest absolute Gasteiger partial charge is 0.365 e. The van der Waals surface area contributed by atoms with E-state index >= 15 is 0 Å². The van der Waals surface area contributed by atoms with Crippen molar-refractivity contribution in [2.45, 2.75) is 25.9 Å². The van der Waals surface area contributed by atoms with Crippen LogP contribution in [0.3, 0.4) is 0 Å². The predicted octanol–water partition coefficient (Wildman–Crippen LogP) is 0.104. The molecule has 126 valence electrons. The number of rotatable bonds is 4. The van der Waals surface area contributed by atoms with Gasteiger partial charge in [0.15, 0.2) is 18.4 Å². The summed E-state index contributed by atoms with van der Waals surface area (Å²) in [5, 5.41) is 6.44. The van der Waals surface area contributed by atoms with Crippen LogP contribution in [0.4, 0.5) is 5.82 Å². The lowest BCUT2D eigenvalue weighted by Crippen LogP contribution is -3.17. The number of carbonyl (C=O) groups is 2. The molecule has 1 aromatic carbocycles. The highest BCUT2D eigenvalue weighted by atomic mass is 16.5. The van der Waals surface area contributed by atoms with E-state index in [9.17, 15) is 9.59 Å². The molecular weight excluding hydrogens is 310 g/mol. The van der Waals surface area contributed by atoms with Gasteiger partial charge in [-0.2, -0.15) is 0 Å². The second-order valence-corrected chi connectivity index (χ2v) is 5.93. The molecule has 2 atom stereocenters. The van der Waals surface area contributed by atoms with Crippen LogP contribution >= 0.6 is 0 Å². The van der Waals surface area contributed by atoms with Crippen LogP contribution in [0.15, 0.2) is 34.9 Å². The minimum absolute atomic E-state index is 0.153. The summed E-state index contributed by atoms with van der Waals surface area (Å²) in [6, 6.07) is 9.22. The molecule has 7 heteroatoms. The Labute approximate surface area is 139 Å². The lowest BCUT2D eigenvalue weighted by molar-refractivity contribution is -0.924. The van der Waals surface area contributed by atoms with Crippen molar-refractivity contribution in [1.29, 1.82) is 0 Å². The third-order valence-electron chi connectivity index (χ3n) is 4.22. The van der Waals surface area contributed by atoms with Gasteiger partial charge in [0.1, 0.15) is 12.3 Å². The Morgan fingerprint density at radius 2 is 2.12 bits per heavy atom. The van der Waals surface area contributed by atoms with Crippen molar-refractivity contribution in [2.24, 2.45) is 0 Å². The average Bonchev–Trinajstić information content (AvgIpc) is 2.98. The Morgan fingerprint density at radius 1 is 1.38 bits per heavy atom. The molecule has 0 spiro atoms. The maximum atomic E-state index is 12.3. The number of benzene rings is 1. The van der Waals surface area contributed by atoms with E-state index in [0.717, 1.165) is 16.0 Å². The van der Waals surface area contributed by atoms with E-state index < -0.39 is 6.04 Å². The molecule has 1 aromatic heterocycles. The molecule has 2 N–H and O–H groups in total. The zero-order chi connectivity index (χ0) is 17.1. The number of hydrogen-bond acceptors (Lipinski definition) is 5. The Balaban J connectivity index is 1.74. The normalized spacial score (nSPS) is 19.4. The first-order chi connectivity index (χ1) is 11.6. The topological polar surface area (TPSA) is 85.9 Å². The van der Waals surface area contributed by atoms with Crippen LogP contribution < -0.4 is 10.2 Å². The van der Waals surface area contributed by atoms with Gasteiger partial charge < -0.3 is 19.5 Å². The fourth-order valence-corrected chi connectivity index (χ4v) is 3.06. The van der Waals surface area contributed by atoms with Crippen molar-refractivity contribution >= 4 is 17.7 Å². The van der Waals surface area contributed by atoms with E-state index in [2.05, 4.69) is 10.5 Å². The number of aryl methyl sites for hydroxylation is 1. The number of hydrogen-bond donors (Lipinski definition) is 2. The standard InChI is InChI=1S/C17H19N3O4/c1-11-7-15(19-24-11)18-16(21)10-20-9-13-6-4-3-5-12(13)8-14(20)17(22)23-2/h3-7,14H,8-10H2,1-2H3,(H,18,19,21)/p+1/t14-/m1/s1. The fourth-order valence-electron chi connectivity index (χ4n) is 3.06. The van der Waals surface area contributed by atoms with Gasteiger partial charge in [-0.15, -0.1) is 0 Å². The van der Waals surface area contributed by atoms with Gasteiger partial charge in [0, 0.05) is 18.1 Å². The van der Waals surface area contributed by atoms with Gasteiger partial charge in [0.25, 0.3) is 5.91 Å². The van der Waals surface area contributed by atoms with Crippen LogP contribution in [0.25, 0.3) is 0 Å². The number of anilines is 1. The molecule has 3 rings (SSSR count). The summed E-state index contributed by atoms with van der Waals surface area (Å²) in [4.78, 5) is 25.3. The quantitative estimate of drug-likeness (QED) is 0.777. The number of amides is 1. The molecule has 0 aliphatic carbocycles. The number of fused-ring (bicyclic) bond motifs is 1. The first kappa shape index (κ1) is 16.2. The molecule has 2 aromatic rings. The zero-order valence-electron chi connectivity index (χ0n) is 13.7. The second kappa shape index (κ2) is 6.84. The largest absolute Gasteiger partial charge is 0.465 e. The molecule has 1 aliphatic heterocycles. The fraction of sp³-hybridized carbons (Fsp3) is 0.353. The number of esters is 1. The number of nitrogens with one attached hydrogen (secondary N) is 2. The number of quaternary nitrogens is 1. The summed E-state index contributed by atoms with van der Waals surface area (Å²) in [7, 11) is 1.37. The molecular formula is C17H20N3O4+. The number of aromatic nitrogens is 1. The SMILES string of the molecule is COC(=O)[C@H]1Cc2ccccc2C[NH+]1CC(=O)Nc1cc(C)on1. The van der Waals surface area contributed by atoms with Crippen molar-refractivity contribution in [3.8, 4) is 0 Å². The van der Waals surface area contributed by atoms with Gasteiger partial charge in [-0.1, -0.05) is 29.4 Å². The molecule has 2 heterocycles. The number of nitrogens with zero attached hydrogens (tertiary/aromatic N) is 1. The average molecular weight is 330 g/mol. The Morgan fingerprint density at radius 3 is 2.79 bits per heavy atom. The monoisotopic (exact) mass is 330 g/mol. The number of carbonyl (C=O) groups excluding carboxylic acids is 2. The summed E-state index contributed by atoms with van der Waals surface area (Å²) in [6.45, 7) is 2.50. The highest BCUT2D eigenvalue weighted by molar-refractivity contribution is 5.90. The van der Waals surface area contributed by atoms with Crippen molar-refractivity contribution < 1.29 is 23.7 Å². The second-order valence-electron chi connectivity index (χ2n) is 5.93. The van der Waals surface area contributed by atoms with Crippen LogP contribution in [0.1, 0.15) is 16.9 Å². The predicted molar refractivity (Wildman–Crippen MR) is 85.4 cm³/mol. The van der Waals surface area contributed by atoms with Crippen molar-refractivity contribution in [3.05, 3.63) is 47.2 Å². The Kier molecular flexibility index (Phi) is 4.61. The maximum absolute atomic E-state index is 12.3. The van der Waals surface area contributed by atoms with Crippen LogP contribution in [0.2, 0.25) is 0 Å². The van der Waals surface area contributed by atoms with E-state index in [1.54, 1.807) is 13.0 Å². The molecule has 7 nitrogen and oxygen atoms in total. The molecule has 0 saturated carbocycles. The molecule has 0 saturated heterocycles. The summed E-state index contributed by atoms with van der Waals surface area (Å²) in [5.41, 5.74) is 2.28. The Bertz CT molecular complexity index is 756. The van der Waals surface area contributed by atoms with Crippen molar-refractivity contribution in [1.82, 2.24) is 5.16 Å². The number of ether oxygens (including phenoxy) is 1. The lowest BCUT2D eigenvalue weighted by atomic mass is 9.94. The highest BCUT2D eigenvalue weighted by Gasteiger charge is 2.37. The van der Waals surface area contributed by atoms with Crippen molar-refractivity contribution in [3.63, 3.8) is 0 Å². The van der Waals surface area contributed by atoms with Crippen LogP contribution in [-0.2, 0) is 27.3 Å². The third kappa shape index (κ3) is 3.46. The molecule has 24 heavy (non-hydrogen) atoms. The third-order valence-corrected chi connectivity index (χ3v) is 4.22. The number of methoxy groups -OCH3 is 1.